The SMILES string of the molecule is Cc1ccc(SCC(=O)Nc2cccc(CSCCC(=O)O)c2)cc1. The lowest BCUT2D eigenvalue weighted by Gasteiger charge is -2.08. The van der Waals surface area contributed by atoms with Crippen molar-refractivity contribution in [3.05, 3.63) is 59.7 Å². The summed E-state index contributed by atoms with van der Waals surface area (Å²) in [5.41, 5.74) is 3.04. The number of hydrogen-bond acceptors (Lipinski definition) is 4. The number of thioether (sulfide) groups is 2. The van der Waals surface area contributed by atoms with E-state index in [0.29, 0.717) is 11.5 Å². The summed E-state index contributed by atoms with van der Waals surface area (Å²) < 4.78 is 0. The van der Waals surface area contributed by atoms with Crippen LogP contribution in [0.2, 0.25) is 0 Å². The molecule has 6 heteroatoms. The van der Waals surface area contributed by atoms with Crippen molar-refractivity contribution in [1.82, 2.24) is 0 Å². The van der Waals surface area contributed by atoms with Crippen LogP contribution in [0.25, 0.3) is 0 Å². The molecule has 0 atom stereocenters. The largest absolute Gasteiger partial charge is 0.481 e. The lowest BCUT2D eigenvalue weighted by atomic mass is 10.2. The minimum absolute atomic E-state index is 0.0405. The van der Waals surface area contributed by atoms with E-state index in [2.05, 4.69) is 5.32 Å². The van der Waals surface area contributed by atoms with E-state index in [0.717, 1.165) is 21.9 Å². The highest BCUT2D eigenvalue weighted by molar-refractivity contribution is 8.00. The molecule has 2 aromatic rings. The Kier molecular flexibility index (Phi) is 7.88. The maximum Gasteiger partial charge on any atom is 0.304 e. The summed E-state index contributed by atoms with van der Waals surface area (Å²) >= 11 is 3.08. The molecular formula is C19H21NO3S2. The average Bonchev–Trinajstić information content (AvgIpc) is 2.58. The van der Waals surface area contributed by atoms with Crippen LogP contribution in [0.3, 0.4) is 0 Å². The fraction of sp³-hybridized carbons (Fsp3) is 0.263. The van der Waals surface area contributed by atoms with Crippen molar-refractivity contribution >= 4 is 41.1 Å². The van der Waals surface area contributed by atoms with Gasteiger partial charge in [0.1, 0.15) is 0 Å². The molecule has 2 N–H and O–H groups in total. The van der Waals surface area contributed by atoms with E-state index in [4.69, 9.17) is 5.11 Å². The number of benzene rings is 2. The molecule has 0 radical (unpaired) electrons. The Morgan fingerprint density at radius 3 is 2.60 bits per heavy atom. The third kappa shape index (κ3) is 7.67. The second-order valence-corrected chi connectivity index (χ2v) is 7.70. The third-order valence-electron chi connectivity index (χ3n) is 3.33. The van der Waals surface area contributed by atoms with Crippen LogP contribution >= 0.6 is 23.5 Å². The molecule has 0 saturated carbocycles. The van der Waals surface area contributed by atoms with Crippen LogP contribution < -0.4 is 5.32 Å². The van der Waals surface area contributed by atoms with Gasteiger partial charge in [-0.25, -0.2) is 0 Å². The monoisotopic (exact) mass is 375 g/mol. The highest BCUT2D eigenvalue weighted by Gasteiger charge is 2.05. The molecule has 0 aliphatic rings. The van der Waals surface area contributed by atoms with Crippen molar-refractivity contribution < 1.29 is 14.7 Å². The second-order valence-electron chi connectivity index (χ2n) is 5.55. The van der Waals surface area contributed by atoms with E-state index in [1.165, 1.54) is 17.3 Å². The van der Waals surface area contributed by atoms with Crippen molar-refractivity contribution in [2.75, 3.05) is 16.8 Å². The van der Waals surface area contributed by atoms with Crippen molar-refractivity contribution in [2.24, 2.45) is 0 Å². The highest BCUT2D eigenvalue weighted by Crippen LogP contribution is 2.20. The van der Waals surface area contributed by atoms with Crippen LogP contribution in [-0.4, -0.2) is 28.5 Å². The number of nitrogens with one attached hydrogen (secondary N) is 1. The van der Waals surface area contributed by atoms with E-state index in [1.807, 2.05) is 55.5 Å². The summed E-state index contributed by atoms with van der Waals surface area (Å²) in [7, 11) is 0. The van der Waals surface area contributed by atoms with E-state index in [9.17, 15) is 9.59 Å². The first kappa shape index (κ1) is 19.4. The normalized spacial score (nSPS) is 10.4. The standard InChI is InChI=1S/C19H21NO3S2/c1-14-5-7-17(8-6-14)25-13-18(21)20-16-4-2-3-15(11-16)12-24-10-9-19(22)23/h2-8,11H,9-10,12-13H2,1H3,(H,20,21)(H,22,23). The molecule has 0 heterocycles. The van der Waals surface area contributed by atoms with Crippen molar-refractivity contribution in [3.63, 3.8) is 0 Å². The van der Waals surface area contributed by atoms with Gasteiger partial charge in [0.2, 0.25) is 5.91 Å². The van der Waals surface area contributed by atoms with Crippen LogP contribution in [-0.2, 0) is 15.3 Å². The van der Waals surface area contributed by atoms with Crippen LogP contribution in [0, 0.1) is 6.92 Å². The molecule has 0 unspecified atom stereocenters. The van der Waals surface area contributed by atoms with Gasteiger partial charge in [0.05, 0.1) is 12.2 Å². The number of carbonyl (C=O) groups excluding carboxylic acids is 1. The topological polar surface area (TPSA) is 66.4 Å². The van der Waals surface area contributed by atoms with Crippen molar-refractivity contribution in [2.45, 2.75) is 24.0 Å². The summed E-state index contributed by atoms with van der Waals surface area (Å²) in [6.45, 7) is 2.04. The van der Waals surface area contributed by atoms with Gasteiger partial charge in [-0.3, -0.25) is 9.59 Å². The number of aliphatic carboxylic acids is 1. The highest BCUT2D eigenvalue weighted by atomic mass is 32.2. The quantitative estimate of drug-likeness (QED) is 0.501. The number of hydrogen-bond donors (Lipinski definition) is 2. The fourth-order valence-electron chi connectivity index (χ4n) is 2.07. The molecule has 0 saturated heterocycles. The molecule has 2 rings (SSSR count). The second kappa shape index (κ2) is 10.2. The number of carbonyl (C=O) groups is 2. The van der Waals surface area contributed by atoms with E-state index >= 15 is 0 Å². The number of carboxylic acids is 1. The molecule has 0 fully saturated rings. The van der Waals surface area contributed by atoms with Gasteiger partial charge in [-0.1, -0.05) is 29.8 Å². The molecule has 0 aliphatic carbocycles. The first-order chi connectivity index (χ1) is 12.0. The van der Waals surface area contributed by atoms with Crippen molar-refractivity contribution in [3.8, 4) is 0 Å². The number of carboxylic acid groups (broad SMARTS) is 1. The number of amides is 1. The number of aryl methyl sites for hydroxylation is 1. The van der Waals surface area contributed by atoms with E-state index in [-0.39, 0.29) is 12.3 Å². The molecule has 25 heavy (non-hydrogen) atoms. The summed E-state index contributed by atoms with van der Waals surface area (Å²) in [5.74, 6) is 0.857. The van der Waals surface area contributed by atoms with Crippen LogP contribution in [0.15, 0.2) is 53.4 Å². The maximum atomic E-state index is 12.1. The van der Waals surface area contributed by atoms with Gasteiger partial charge in [0.25, 0.3) is 0 Å². The molecule has 4 nitrogen and oxygen atoms in total. The Morgan fingerprint density at radius 1 is 1.12 bits per heavy atom. The number of anilines is 1. The van der Waals surface area contributed by atoms with Crippen LogP contribution in [0.1, 0.15) is 17.5 Å². The molecule has 1 amide bonds. The van der Waals surface area contributed by atoms with Gasteiger partial charge in [-0.15, -0.1) is 11.8 Å². The Balaban J connectivity index is 1.78. The zero-order valence-corrected chi connectivity index (χ0v) is 15.7. The lowest BCUT2D eigenvalue weighted by molar-refractivity contribution is -0.136. The zero-order valence-electron chi connectivity index (χ0n) is 14.0. The zero-order chi connectivity index (χ0) is 18.1. The summed E-state index contributed by atoms with van der Waals surface area (Å²) in [5, 5.41) is 11.5. The maximum absolute atomic E-state index is 12.1. The summed E-state index contributed by atoms with van der Waals surface area (Å²) in [6.07, 6.45) is 0.164. The summed E-state index contributed by atoms with van der Waals surface area (Å²) in [6, 6.07) is 15.8. The van der Waals surface area contributed by atoms with Gasteiger partial charge in [0.15, 0.2) is 0 Å². The number of rotatable bonds is 9. The first-order valence-corrected chi connectivity index (χ1v) is 10.0. The minimum atomic E-state index is -0.778. The van der Waals surface area contributed by atoms with Crippen LogP contribution in [0.5, 0.6) is 0 Å². The van der Waals surface area contributed by atoms with Crippen LogP contribution in [0.4, 0.5) is 5.69 Å². The molecule has 0 aromatic heterocycles. The van der Waals surface area contributed by atoms with Gasteiger partial charge in [0, 0.05) is 22.1 Å². The summed E-state index contributed by atoms with van der Waals surface area (Å²) in [4.78, 5) is 23.7. The van der Waals surface area contributed by atoms with Gasteiger partial charge >= 0.3 is 5.97 Å². The smallest absolute Gasteiger partial charge is 0.304 e. The Hall–Kier alpha value is -1.92. The van der Waals surface area contributed by atoms with Gasteiger partial charge in [-0.05, 0) is 36.8 Å². The minimum Gasteiger partial charge on any atom is -0.481 e. The Bertz CT molecular complexity index is 717. The predicted octanol–water partition coefficient (Wildman–Crippen LogP) is 4.43. The molecule has 0 bridgehead atoms. The van der Waals surface area contributed by atoms with Gasteiger partial charge < -0.3 is 10.4 Å². The van der Waals surface area contributed by atoms with E-state index in [1.54, 1.807) is 11.8 Å². The molecule has 0 aliphatic heterocycles. The molecule has 2 aromatic carbocycles. The van der Waals surface area contributed by atoms with Gasteiger partial charge in [-0.2, -0.15) is 11.8 Å². The average molecular weight is 376 g/mol. The molecule has 132 valence electrons. The Labute approximate surface area is 156 Å². The van der Waals surface area contributed by atoms with E-state index < -0.39 is 5.97 Å². The first-order valence-electron chi connectivity index (χ1n) is 7.91. The third-order valence-corrected chi connectivity index (χ3v) is 5.37. The predicted molar refractivity (Wildman–Crippen MR) is 105 cm³/mol. The Morgan fingerprint density at radius 2 is 1.88 bits per heavy atom. The van der Waals surface area contributed by atoms with Crippen molar-refractivity contribution in [1.29, 1.82) is 0 Å². The lowest BCUT2D eigenvalue weighted by Crippen LogP contribution is -2.14. The molecular weight excluding hydrogens is 354 g/mol. The molecule has 0 spiro atoms. The fourth-order valence-corrected chi connectivity index (χ4v) is 3.65.